The van der Waals surface area contributed by atoms with E-state index in [9.17, 15) is 39.0 Å². The number of aromatic amines is 1. The zero-order chi connectivity index (χ0) is 29.7. The van der Waals surface area contributed by atoms with Crippen LogP contribution in [0.5, 0.6) is 5.75 Å². The predicted molar refractivity (Wildman–Crippen MR) is 136 cm³/mol. The Morgan fingerprint density at radius 3 is 2.15 bits per heavy atom. The number of carbonyl (C=O) groups excluding carboxylic acids is 4. The Balaban J connectivity index is 1.86. The minimum absolute atomic E-state index is 0.00351. The molecule has 0 unspecified atom stereocenters. The van der Waals surface area contributed by atoms with E-state index in [2.05, 4.69) is 31.2 Å². The summed E-state index contributed by atoms with van der Waals surface area (Å²) in [7, 11) is 0. The number of imidazole rings is 1. The largest absolute Gasteiger partial charge is 0.508 e. The molecule has 0 aliphatic heterocycles. The quantitative estimate of drug-likeness (QED) is 0.102. The lowest BCUT2D eigenvalue weighted by Crippen LogP contribution is -2.54. The molecule has 0 aliphatic rings. The maximum absolute atomic E-state index is 12.7. The maximum Gasteiger partial charge on any atom is 0.326 e. The van der Waals surface area contributed by atoms with Crippen molar-refractivity contribution < 1.29 is 44.1 Å². The van der Waals surface area contributed by atoms with Crippen LogP contribution in [0.15, 0.2) is 36.8 Å². The molecule has 2 aromatic rings. The van der Waals surface area contributed by atoms with Crippen LogP contribution in [0.25, 0.3) is 0 Å². The summed E-state index contributed by atoms with van der Waals surface area (Å²) in [6, 6.07) is 2.12. The molecule has 3 atom stereocenters. The van der Waals surface area contributed by atoms with Crippen molar-refractivity contribution in [3.8, 4) is 5.75 Å². The van der Waals surface area contributed by atoms with Gasteiger partial charge in [-0.25, -0.2) is 9.78 Å². The second-order valence-corrected chi connectivity index (χ2v) is 8.70. The molecule has 4 amide bonds. The number of nitrogens with two attached hydrogens (primary N) is 1. The van der Waals surface area contributed by atoms with Gasteiger partial charge in [-0.15, -0.1) is 0 Å². The number of nitrogens with one attached hydrogen (secondary N) is 5. The standard InChI is InChI=1S/C24H31N7O9/c25-16(5-6-21(35)36)22(37)31-17(8-14-9-26-12-29-14)23(38)28-10-19(33)27-11-20(34)30-18(24(39)40)7-13-1-3-15(32)4-2-13/h1-4,9,12,16-18,32H,5-8,10-11,25H2,(H,26,29)(H,27,33)(H,28,38)(H,30,34)(H,31,37)(H,35,36)(H,39,40)/t16-,17-,18-/m0/s1. The SMILES string of the molecule is N[C@@H](CCC(=O)O)C(=O)N[C@@H](Cc1cnc[nH]1)C(=O)NCC(=O)NCC(=O)N[C@@H](Cc1ccc(O)cc1)C(=O)O. The molecule has 16 heteroatoms. The number of aliphatic carboxylic acids is 2. The fourth-order valence-electron chi connectivity index (χ4n) is 3.36. The Hall–Kier alpha value is -4.99. The first-order valence-corrected chi connectivity index (χ1v) is 12.0. The number of aromatic hydroxyl groups is 1. The number of H-pyrrole nitrogens is 1. The van der Waals surface area contributed by atoms with E-state index in [4.69, 9.17) is 10.8 Å². The zero-order valence-corrected chi connectivity index (χ0v) is 21.3. The molecule has 0 aliphatic carbocycles. The van der Waals surface area contributed by atoms with Gasteiger partial charge in [-0.2, -0.15) is 0 Å². The lowest BCUT2D eigenvalue weighted by atomic mass is 10.1. The van der Waals surface area contributed by atoms with Crippen molar-refractivity contribution >= 4 is 35.6 Å². The molecule has 0 saturated carbocycles. The zero-order valence-electron chi connectivity index (χ0n) is 21.3. The van der Waals surface area contributed by atoms with E-state index in [1.807, 2.05) is 0 Å². The van der Waals surface area contributed by atoms with Crippen LogP contribution in [0.3, 0.4) is 0 Å². The molecule has 0 bridgehead atoms. The van der Waals surface area contributed by atoms with E-state index in [0.29, 0.717) is 11.3 Å². The Morgan fingerprint density at radius 2 is 1.55 bits per heavy atom. The molecule has 0 saturated heterocycles. The van der Waals surface area contributed by atoms with Crippen molar-refractivity contribution in [1.29, 1.82) is 0 Å². The number of benzene rings is 1. The highest BCUT2D eigenvalue weighted by molar-refractivity contribution is 5.93. The number of phenolic OH excluding ortho intramolecular Hbond substituents is 1. The molecule has 0 spiro atoms. The summed E-state index contributed by atoms with van der Waals surface area (Å²) < 4.78 is 0. The summed E-state index contributed by atoms with van der Waals surface area (Å²) in [5.41, 5.74) is 6.74. The summed E-state index contributed by atoms with van der Waals surface area (Å²) in [6.07, 6.45) is 2.20. The molecule has 40 heavy (non-hydrogen) atoms. The van der Waals surface area contributed by atoms with E-state index < -0.39 is 66.8 Å². The van der Waals surface area contributed by atoms with Crippen molar-refractivity contribution in [2.75, 3.05) is 13.1 Å². The van der Waals surface area contributed by atoms with Crippen LogP contribution in [0, 0.1) is 0 Å². The summed E-state index contributed by atoms with van der Waals surface area (Å²) in [6.45, 7) is -1.14. The van der Waals surface area contributed by atoms with Crippen LogP contribution < -0.4 is 27.0 Å². The van der Waals surface area contributed by atoms with Gasteiger partial charge >= 0.3 is 11.9 Å². The summed E-state index contributed by atoms with van der Waals surface area (Å²) in [5, 5.41) is 36.8. The van der Waals surface area contributed by atoms with Crippen LogP contribution in [0.4, 0.5) is 0 Å². The summed E-state index contributed by atoms with van der Waals surface area (Å²) in [4.78, 5) is 78.3. The van der Waals surface area contributed by atoms with E-state index in [0.717, 1.165) is 0 Å². The molecule has 0 fully saturated rings. The smallest absolute Gasteiger partial charge is 0.326 e. The first-order chi connectivity index (χ1) is 18.9. The highest BCUT2D eigenvalue weighted by Crippen LogP contribution is 2.11. The number of phenols is 1. The number of amides is 4. The van der Waals surface area contributed by atoms with Gasteiger partial charge in [-0.3, -0.25) is 24.0 Å². The molecule has 0 radical (unpaired) electrons. The lowest BCUT2D eigenvalue weighted by molar-refractivity contribution is -0.141. The van der Waals surface area contributed by atoms with Crippen LogP contribution >= 0.6 is 0 Å². The summed E-state index contributed by atoms with van der Waals surface area (Å²) in [5.74, 6) is -5.50. The summed E-state index contributed by atoms with van der Waals surface area (Å²) >= 11 is 0. The Bertz CT molecular complexity index is 1190. The highest BCUT2D eigenvalue weighted by Gasteiger charge is 2.26. The maximum atomic E-state index is 12.7. The van der Waals surface area contributed by atoms with Gasteiger partial charge in [0.1, 0.15) is 17.8 Å². The Morgan fingerprint density at radius 1 is 0.875 bits per heavy atom. The van der Waals surface area contributed by atoms with Crippen molar-refractivity contribution in [2.24, 2.45) is 5.73 Å². The molecule has 1 aromatic carbocycles. The van der Waals surface area contributed by atoms with Crippen molar-refractivity contribution in [3.05, 3.63) is 48.0 Å². The predicted octanol–water partition coefficient (Wildman–Crippen LogP) is -2.62. The second kappa shape index (κ2) is 15.4. The molecular formula is C24H31N7O9. The molecular weight excluding hydrogens is 530 g/mol. The lowest BCUT2D eigenvalue weighted by Gasteiger charge is -2.20. The van der Waals surface area contributed by atoms with Crippen LogP contribution in [0.2, 0.25) is 0 Å². The Labute approximate surface area is 227 Å². The molecule has 16 nitrogen and oxygen atoms in total. The third-order valence-corrected chi connectivity index (χ3v) is 5.50. The number of hydrogen-bond donors (Lipinski definition) is 9. The minimum Gasteiger partial charge on any atom is -0.508 e. The number of hydrogen-bond acceptors (Lipinski definition) is 9. The number of aromatic nitrogens is 2. The first kappa shape index (κ1) is 31.2. The minimum atomic E-state index is -1.30. The third-order valence-electron chi connectivity index (χ3n) is 5.50. The average Bonchev–Trinajstić information content (AvgIpc) is 3.42. The normalized spacial score (nSPS) is 12.8. The monoisotopic (exact) mass is 561 g/mol. The van der Waals surface area contributed by atoms with E-state index in [1.54, 1.807) is 0 Å². The van der Waals surface area contributed by atoms with Gasteiger partial charge in [-0.05, 0) is 24.1 Å². The van der Waals surface area contributed by atoms with Crippen LogP contribution in [0.1, 0.15) is 24.1 Å². The van der Waals surface area contributed by atoms with Gasteiger partial charge in [0.25, 0.3) is 0 Å². The third kappa shape index (κ3) is 11.2. The number of nitrogens with zero attached hydrogens (tertiary/aromatic N) is 1. The molecule has 1 heterocycles. The fraction of sp³-hybridized carbons (Fsp3) is 0.375. The topological polar surface area (TPSA) is 266 Å². The van der Waals surface area contributed by atoms with E-state index in [-0.39, 0.29) is 31.4 Å². The van der Waals surface area contributed by atoms with Gasteiger partial charge in [0.15, 0.2) is 0 Å². The van der Waals surface area contributed by atoms with Gasteiger partial charge in [0, 0.05) is 31.2 Å². The molecule has 216 valence electrons. The first-order valence-electron chi connectivity index (χ1n) is 12.0. The Kier molecular flexibility index (Phi) is 12.0. The van der Waals surface area contributed by atoms with Gasteiger partial charge < -0.3 is 47.3 Å². The van der Waals surface area contributed by atoms with Gasteiger partial charge in [-0.1, -0.05) is 12.1 Å². The highest BCUT2D eigenvalue weighted by atomic mass is 16.4. The van der Waals surface area contributed by atoms with E-state index in [1.165, 1.54) is 36.8 Å². The number of carbonyl (C=O) groups is 6. The average molecular weight is 562 g/mol. The van der Waals surface area contributed by atoms with Gasteiger partial charge in [0.2, 0.25) is 23.6 Å². The van der Waals surface area contributed by atoms with E-state index >= 15 is 0 Å². The van der Waals surface area contributed by atoms with Gasteiger partial charge in [0.05, 0.1) is 25.5 Å². The second-order valence-electron chi connectivity index (χ2n) is 8.70. The fourth-order valence-corrected chi connectivity index (χ4v) is 3.36. The van der Waals surface area contributed by atoms with Crippen molar-refractivity contribution in [3.63, 3.8) is 0 Å². The number of carboxylic acid groups (broad SMARTS) is 2. The molecule has 2 rings (SSSR count). The molecule has 10 N–H and O–H groups in total. The van der Waals surface area contributed by atoms with Crippen LogP contribution in [-0.2, 0) is 41.6 Å². The van der Waals surface area contributed by atoms with Crippen LogP contribution in [-0.4, -0.2) is 92.1 Å². The van der Waals surface area contributed by atoms with Crippen molar-refractivity contribution in [2.45, 2.75) is 43.8 Å². The molecule has 1 aromatic heterocycles. The number of rotatable bonds is 16. The van der Waals surface area contributed by atoms with Crippen molar-refractivity contribution in [1.82, 2.24) is 31.2 Å². The number of carboxylic acids is 2.